The Morgan fingerprint density at radius 2 is 1.77 bits per heavy atom. The summed E-state index contributed by atoms with van der Waals surface area (Å²) >= 11 is 0. The van der Waals surface area contributed by atoms with Crippen LogP contribution in [0.3, 0.4) is 0 Å². The van der Waals surface area contributed by atoms with Gasteiger partial charge < -0.3 is 24.1 Å². The molecule has 4 aromatic rings. The van der Waals surface area contributed by atoms with Crippen molar-refractivity contribution in [2.45, 2.75) is 52.7 Å². The third-order valence-corrected chi connectivity index (χ3v) is 7.56. The molecular weight excluding hydrogens is 592 g/mol. The fourth-order valence-corrected chi connectivity index (χ4v) is 5.15. The quantitative estimate of drug-likeness (QED) is 0.161. The normalized spacial score (nSPS) is 12.9. The summed E-state index contributed by atoms with van der Waals surface area (Å²) in [6.45, 7) is 9.84. The molecule has 1 atom stereocenters. The molecule has 2 heterocycles. The van der Waals surface area contributed by atoms with Gasteiger partial charge in [-0.25, -0.2) is 9.78 Å². The van der Waals surface area contributed by atoms with E-state index in [4.69, 9.17) is 14.2 Å². The van der Waals surface area contributed by atoms with Crippen LogP contribution in [-0.4, -0.2) is 77.8 Å². The minimum atomic E-state index is -0.672. The lowest BCUT2D eigenvalue weighted by molar-refractivity contribution is -0.123. The van der Waals surface area contributed by atoms with Gasteiger partial charge in [-0.05, 0) is 75.6 Å². The van der Waals surface area contributed by atoms with Gasteiger partial charge in [0.15, 0.2) is 0 Å². The van der Waals surface area contributed by atoms with Gasteiger partial charge in [0, 0.05) is 60.2 Å². The number of fused-ring (bicyclic) bond motifs is 1. The highest BCUT2D eigenvalue weighted by Crippen LogP contribution is 2.36. The van der Waals surface area contributed by atoms with E-state index in [-0.39, 0.29) is 19.1 Å². The predicted octanol–water partition coefficient (Wildman–Crippen LogP) is 7.59. The number of ether oxygens (including phenoxy) is 3. The van der Waals surface area contributed by atoms with E-state index in [1.54, 1.807) is 27.3 Å². The molecule has 2 aromatic carbocycles. The molecule has 9 nitrogen and oxygen atoms in total. The van der Waals surface area contributed by atoms with Crippen molar-refractivity contribution in [3.63, 3.8) is 0 Å². The molecule has 0 saturated heterocycles. The van der Waals surface area contributed by atoms with Gasteiger partial charge >= 0.3 is 6.09 Å². The number of rotatable bonds is 12. The zero-order valence-electron chi connectivity index (χ0n) is 28.7. The smallest absolute Gasteiger partial charge is 0.410 e. The fraction of sp³-hybridized carbons (Fsp3) is 0.342. The number of carbonyl (C=O) groups excluding carboxylic acids is 2. The molecule has 0 aliphatic carbocycles. The van der Waals surface area contributed by atoms with Gasteiger partial charge in [-0.2, -0.15) is 0 Å². The lowest BCUT2D eigenvalue weighted by atomic mass is 9.91. The average Bonchev–Trinajstić information content (AvgIpc) is 3.47. The van der Waals surface area contributed by atoms with Crippen molar-refractivity contribution in [3.8, 4) is 11.6 Å². The number of pyridine rings is 1. The Balaban J connectivity index is 1.60. The monoisotopic (exact) mass is 638 g/mol. The minimum absolute atomic E-state index is 0.167. The maximum Gasteiger partial charge on any atom is 0.410 e. The predicted molar refractivity (Wildman–Crippen MR) is 187 cm³/mol. The van der Waals surface area contributed by atoms with Crippen LogP contribution in [0.5, 0.6) is 11.6 Å². The second-order valence-corrected chi connectivity index (χ2v) is 12.4. The van der Waals surface area contributed by atoms with Crippen molar-refractivity contribution >= 4 is 34.0 Å². The second kappa shape index (κ2) is 15.5. The van der Waals surface area contributed by atoms with Crippen molar-refractivity contribution < 1.29 is 23.8 Å². The number of aromatic amines is 1. The van der Waals surface area contributed by atoms with Crippen molar-refractivity contribution in [2.75, 3.05) is 34.4 Å². The first-order chi connectivity index (χ1) is 22.4. The lowest BCUT2D eigenvalue weighted by Gasteiger charge is -2.30. The van der Waals surface area contributed by atoms with Crippen LogP contribution in [0.25, 0.3) is 22.0 Å². The van der Waals surface area contributed by atoms with Gasteiger partial charge in [0.05, 0.1) is 19.7 Å². The van der Waals surface area contributed by atoms with E-state index in [2.05, 4.69) is 47.2 Å². The van der Waals surface area contributed by atoms with E-state index in [1.807, 2.05) is 70.3 Å². The Bertz CT molecular complexity index is 1700. The highest BCUT2D eigenvalue weighted by Gasteiger charge is 2.25. The van der Waals surface area contributed by atoms with E-state index < -0.39 is 17.7 Å². The third kappa shape index (κ3) is 9.25. The molecule has 2 amide bonds. The average molecular weight is 639 g/mol. The van der Waals surface area contributed by atoms with Crippen molar-refractivity contribution in [2.24, 2.45) is 0 Å². The maximum atomic E-state index is 13.1. The molecule has 248 valence electrons. The summed E-state index contributed by atoms with van der Waals surface area (Å²) in [5.41, 5.74) is 5.56. The molecule has 0 spiro atoms. The summed E-state index contributed by atoms with van der Waals surface area (Å²) in [7, 11) is 5.03. The van der Waals surface area contributed by atoms with Gasteiger partial charge in [0.1, 0.15) is 18.0 Å². The molecule has 0 bridgehead atoms. The zero-order valence-corrected chi connectivity index (χ0v) is 28.7. The summed E-state index contributed by atoms with van der Waals surface area (Å²) in [6.07, 6.45) is 5.25. The molecule has 2 aromatic heterocycles. The topological polar surface area (TPSA) is 97.0 Å². The van der Waals surface area contributed by atoms with Crippen LogP contribution < -0.4 is 9.47 Å². The number of carbonyl (C=O) groups is 2. The number of methoxy groups -OCH3 is 1. The molecule has 0 aliphatic heterocycles. The molecular formula is C38H46N4O5. The summed E-state index contributed by atoms with van der Waals surface area (Å²) in [5.74, 6) is 1.06. The summed E-state index contributed by atoms with van der Waals surface area (Å²) < 4.78 is 17.2. The van der Waals surface area contributed by atoms with Crippen molar-refractivity contribution in [1.29, 1.82) is 0 Å². The Labute approximate surface area is 277 Å². The number of para-hydroxylation sites is 1. The maximum absolute atomic E-state index is 13.1. The highest BCUT2D eigenvalue weighted by molar-refractivity contribution is 6.00. The Morgan fingerprint density at radius 1 is 1.00 bits per heavy atom. The lowest BCUT2D eigenvalue weighted by Crippen LogP contribution is -2.43. The molecule has 0 saturated carbocycles. The van der Waals surface area contributed by atoms with E-state index in [1.165, 1.54) is 15.9 Å². The van der Waals surface area contributed by atoms with Crippen LogP contribution in [-0.2, 0) is 9.53 Å². The number of aromatic nitrogens is 2. The van der Waals surface area contributed by atoms with Crippen LogP contribution in [0.2, 0.25) is 0 Å². The van der Waals surface area contributed by atoms with Crippen molar-refractivity contribution in [3.05, 3.63) is 102 Å². The standard InChI is InChI=1S/C38H46N4O5/c1-9-31(27-14-12-15-30(23-27)45-8)36(33-24-28-13-10-11-16-32(28)40-33)29-18-19-34(39-25-29)46-22-21-42(37(44)47-38(3,4)5)26(2)17-20-35(43)41(6)7/h10-20,23-26,40H,9,21-22H2,1-8H3/b20-17+,36-31+. The molecule has 9 heteroatoms. The summed E-state index contributed by atoms with van der Waals surface area (Å²) in [5, 5.41) is 1.12. The van der Waals surface area contributed by atoms with Gasteiger partial charge in [0.2, 0.25) is 11.8 Å². The van der Waals surface area contributed by atoms with Crippen LogP contribution in [0.1, 0.15) is 57.9 Å². The Kier molecular flexibility index (Phi) is 11.5. The summed E-state index contributed by atoms with van der Waals surface area (Å²) in [6, 6.07) is 21.9. The zero-order chi connectivity index (χ0) is 34.1. The second-order valence-electron chi connectivity index (χ2n) is 12.4. The third-order valence-electron chi connectivity index (χ3n) is 7.56. The van der Waals surface area contributed by atoms with E-state index >= 15 is 0 Å². The number of benzene rings is 2. The Morgan fingerprint density at radius 3 is 2.40 bits per heavy atom. The van der Waals surface area contributed by atoms with E-state index in [9.17, 15) is 9.59 Å². The Hall–Kier alpha value is -5.05. The molecule has 4 rings (SSSR count). The molecule has 47 heavy (non-hydrogen) atoms. The fourth-order valence-electron chi connectivity index (χ4n) is 5.15. The number of nitrogens with zero attached hydrogens (tertiary/aromatic N) is 3. The van der Waals surface area contributed by atoms with Gasteiger partial charge in [-0.1, -0.05) is 43.3 Å². The van der Waals surface area contributed by atoms with Crippen LogP contribution in [0, 0.1) is 0 Å². The SMILES string of the molecule is CC/C(=C(/c1ccc(OCCN(C(=O)OC(C)(C)C)C(C)/C=C/C(=O)N(C)C)nc1)c1cc2ccccc2[nH]1)c1cccc(OC)c1. The number of hydrogen-bond donors (Lipinski definition) is 1. The van der Waals surface area contributed by atoms with Gasteiger partial charge in [-0.3, -0.25) is 9.69 Å². The van der Waals surface area contributed by atoms with Gasteiger partial charge in [-0.15, -0.1) is 0 Å². The van der Waals surface area contributed by atoms with Crippen LogP contribution in [0.15, 0.2) is 85.1 Å². The van der Waals surface area contributed by atoms with E-state index in [0.29, 0.717) is 5.88 Å². The number of nitrogens with one attached hydrogen (secondary N) is 1. The highest BCUT2D eigenvalue weighted by atomic mass is 16.6. The molecule has 1 N–H and O–H groups in total. The number of amides is 2. The molecule has 1 unspecified atom stereocenters. The largest absolute Gasteiger partial charge is 0.497 e. The first kappa shape index (κ1) is 34.8. The molecule has 0 radical (unpaired) electrons. The first-order valence-electron chi connectivity index (χ1n) is 15.8. The van der Waals surface area contributed by atoms with Crippen LogP contribution >= 0.6 is 0 Å². The molecule has 0 fully saturated rings. The number of hydrogen-bond acceptors (Lipinski definition) is 6. The number of H-pyrrole nitrogens is 1. The summed E-state index contributed by atoms with van der Waals surface area (Å²) in [4.78, 5) is 36.5. The van der Waals surface area contributed by atoms with Gasteiger partial charge in [0.25, 0.3) is 0 Å². The van der Waals surface area contributed by atoms with Crippen LogP contribution in [0.4, 0.5) is 4.79 Å². The van der Waals surface area contributed by atoms with Crippen molar-refractivity contribution in [1.82, 2.24) is 19.8 Å². The number of allylic oxidation sites excluding steroid dienone is 1. The van der Waals surface area contributed by atoms with E-state index in [0.717, 1.165) is 51.0 Å². The minimum Gasteiger partial charge on any atom is -0.497 e. The first-order valence-corrected chi connectivity index (χ1v) is 15.8. The number of likely N-dealkylation sites (N-methyl/N-ethyl adjacent to an activating group) is 1. The molecule has 0 aliphatic rings.